The summed E-state index contributed by atoms with van der Waals surface area (Å²) in [4.78, 5) is 28.0. The molecule has 0 unspecified atom stereocenters. The molecule has 1 aliphatic rings. The maximum Gasteiger partial charge on any atom is 0.224 e. The van der Waals surface area contributed by atoms with Gasteiger partial charge >= 0.3 is 0 Å². The molecule has 3 N–H and O–H groups in total. The molecule has 1 aromatic heterocycles. The molecule has 0 spiro atoms. The summed E-state index contributed by atoms with van der Waals surface area (Å²) in [7, 11) is 0. The number of rotatable bonds is 13. The first-order chi connectivity index (χ1) is 19.9. The first kappa shape index (κ1) is 30.7. The first-order valence-corrected chi connectivity index (χ1v) is 15.1. The Hall–Kier alpha value is -3.24. The number of ether oxygens (including phenoxy) is 2. The minimum Gasteiger partial charge on any atom is -0.392 e. The summed E-state index contributed by atoms with van der Waals surface area (Å²) in [5.74, 6) is 0.692. The summed E-state index contributed by atoms with van der Waals surface area (Å²) in [5.41, 5.74) is 3.40. The molecule has 1 saturated heterocycles. The van der Waals surface area contributed by atoms with Crippen molar-refractivity contribution in [2.75, 3.05) is 17.6 Å². The standard InChI is InChI=1S/C32H39N3O5S/c1-22-28(21-41-30-12-5-7-18-34-30)39-32(40-31(22)25-15-13-24(20-36)14-16-25)26-9-8-10-27(19-26)35-29(38)11-4-3-6-17-33-23(2)37/h5,7-10,12-16,18-19,22,28,31-32,36H,3-4,6,11,17,20-21H2,1-2H3,(H,33,37)(H,35,38)/t22-,28+,31+,32+/m1/s1. The Morgan fingerprint density at radius 3 is 2.54 bits per heavy atom. The second-order valence-corrected chi connectivity index (χ2v) is 11.3. The van der Waals surface area contributed by atoms with Crippen molar-refractivity contribution in [2.45, 2.75) is 69.7 Å². The van der Waals surface area contributed by atoms with E-state index in [1.807, 2.05) is 66.7 Å². The predicted octanol–water partition coefficient (Wildman–Crippen LogP) is 5.79. The van der Waals surface area contributed by atoms with E-state index in [2.05, 4.69) is 22.5 Å². The van der Waals surface area contributed by atoms with Crippen LogP contribution in [-0.2, 0) is 25.7 Å². The van der Waals surface area contributed by atoms with Crippen molar-refractivity contribution in [2.24, 2.45) is 5.92 Å². The highest BCUT2D eigenvalue weighted by Crippen LogP contribution is 2.43. The van der Waals surface area contributed by atoms with Gasteiger partial charge in [-0.05, 0) is 48.2 Å². The molecular weight excluding hydrogens is 538 g/mol. The summed E-state index contributed by atoms with van der Waals surface area (Å²) >= 11 is 1.65. The number of unbranched alkanes of at least 4 members (excludes halogenated alkanes) is 2. The van der Waals surface area contributed by atoms with Crippen molar-refractivity contribution in [1.82, 2.24) is 10.3 Å². The van der Waals surface area contributed by atoms with Gasteiger partial charge < -0.3 is 25.2 Å². The van der Waals surface area contributed by atoms with E-state index in [4.69, 9.17) is 9.47 Å². The van der Waals surface area contributed by atoms with Crippen LogP contribution in [0.15, 0.2) is 78.0 Å². The molecule has 4 atom stereocenters. The molecule has 0 aliphatic carbocycles. The lowest BCUT2D eigenvalue weighted by atomic mass is 9.91. The van der Waals surface area contributed by atoms with Crippen molar-refractivity contribution in [3.05, 3.63) is 89.6 Å². The third kappa shape index (κ3) is 9.39. The van der Waals surface area contributed by atoms with Crippen LogP contribution in [0.25, 0.3) is 0 Å². The van der Waals surface area contributed by atoms with Gasteiger partial charge in [-0.1, -0.05) is 55.8 Å². The maximum atomic E-state index is 12.6. The van der Waals surface area contributed by atoms with Crippen molar-refractivity contribution < 1.29 is 24.2 Å². The van der Waals surface area contributed by atoms with Gasteiger partial charge in [-0.15, -0.1) is 11.8 Å². The predicted molar refractivity (Wildman–Crippen MR) is 160 cm³/mol. The molecule has 4 rings (SSSR count). The molecule has 8 nitrogen and oxygen atoms in total. The van der Waals surface area contributed by atoms with E-state index in [0.29, 0.717) is 24.4 Å². The Bertz CT molecular complexity index is 1260. The lowest BCUT2D eigenvalue weighted by Gasteiger charge is -2.41. The fourth-order valence-electron chi connectivity index (χ4n) is 4.75. The number of amides is 2. The van der Waals surface area contributed by atoms with Gasteiger partial charge in [0, 0.05) is 49.0 Å². The van der Waals surface area contributed by atoms with Crippen LogP contribution in [0.1, 0.15) is 68.6 Å². The number of hydrogen-bond donors (Lipinski definition) is 3. The molecule has 3 aromatic rings. The monoisotopic (exact) mass is 577 g/mol. The zero-order chi connectivity index (χ0) is 29.0. The van der Waals surface area contributed by atoms with Gasteiger partial charge in [0.25, 0.3) is 0 Å². The summed E-state index contributed by atoms with van der Waals surface area (Å²) in [5, 5.41) is 16.2. The van der Waals surface area contributed by atoms with Gasteiger partial charge in [0.05, 0.1) is 23.8 Å². The highest BCUT2D eigenvalue weighted by atomic mass is 32.2. The Kier molecular flexibility index (Phi) is 11.7. The minimum absolute atomic E-state index is 0.00792. The summed E-state index contributed by atoms with van der Waals surface area (Å²) in [6.07, 6.45) is 3.73. The normalized spacial score (nSPS) is 20.4. The van der Waals surface area contributed by atoms with Gasteiger partial charge in [-0.25, -0.2) is 4.98 Å². The quantitative estimate of drug-likeness (QED) is 0.174. The average molecular weight is 578 g/mol. The Morgan fingerprint density at radius 1 is 0.976 bits per heavy atom. The van der Waals surface area contributed by atoms with Crippen molar-refractivity contribution in [3.63, 3.8) is 0 Å². The van der Waals surface area contributed by atoms with Crippen LogP contribution < -0.4 is 10.6 Å². The van der Waals surface area contributed by atoms with Crippen LogP contribution in [-0.4, -0.2) is 40.3 Å². The van der Waals surface area contributed by atoms with Crippen LogP contribution in [0.4, 0.5) is 5.69 Å². The molecular formula is C32H39N3O5S. The molecule has 9 heteroatoms. The van der Waals surface area contributed by atoms with Crippen molar-refractivity contribution in [3.8, 4) is 0 Å². The van der Waals surface area contributed by atoms with Crippen molar-refractivity contribution in [1.29, 1.82) is 0 Å². The third-order valence-corrected chi connectivity index (χ3v) is 8.09. The highest BCUT2D eigenvalue weighted by molar-refractivity contribution is 7.99. The minimum atomic E-state index is -0.617. The molecule has 1 aliphatic heterocycles. The number of hydrogen-bond acceptors (Lipinski definition) is 7. The SMILES string of the molecule is CC(=O)NCCCCCC(=O)Nc1cccc([C@H]2O[C@@H](CSc3ccccn3)[C@@H](C)[C@@H](c3ccc(CO)cc3)O2)c1. The molecule has 1 fully saturated rings. The summed E-state index contributed by atoms with van der Waals surface area (Å²) in [6, 6.07) is 21.3. The number of nitrogens with zero attached hydrogens (tertiary/aromatic N) is 1. The van der Waals surface area contributed by atoms with Crippen molar-refractivity contribution >= 4 is 29.3 Å². The lowest BCUT2D eigenvalue weighted by Crippen LogP contribution is -2.38. The number of benzene rings is 2. The molecule has 0 saturated carbocycles. The number of pyridine rings is 1. The average Bonchev–Trinajstić information content (AvgIpc) is 2.99. The maximum absolute atomic E-state index is 12.6. The van der Waals surface area contributed by atoms with Gasteiger partial charge in [-0.3, -0.25) is 9.59 Å². The second-order valence-electron chi connectivity index (χ2n) is 10.3. The second kappa shape index (κ2) is 15.7. The fourth-order valence-corrected chi connectivity index (χ4v) is 5.78. The fraction of sp³-hybridized carbons (Fsp3) is 0.406. The molecule has 2 heterocycles. The number of carbonyl (C=O) groups excluding carboxylic acids is 2. The largest absolute Gasteiger partial charge is 0.392 e. The van der Waals surface area contributed by atoms with E-state index < -0.39 is 6.29 Å². The van der Waals surface area contributed by atoms with E-state index in [1.165, 1.54) is 6.92 Å². The first-order valence-electron chi connectivity index (χ1n) is 14.1. The number of anilines is 1. The van der Waals surface area contributed by atoms with E-state index >= 15 is 0 Å². The zero-order valence-electron chi connectivity index (χ0n) is 23.6. The number of aromatic nitrogens is 1. The smallest absolute Gasteiger partial charge is 0.224 e. The molecule has 0 bridgehead atoms. The van der Waals surface area contributed by atoms with Crippen LogP contribution in [0.3, 0.4) is 0 Å². The van der Waals surface area contributed by atoms with E-state index in [-0.39, 0.29) is 36.5 Å². The molecule has 41 heavy (non-hydrogen) atoms. The van der Waals surface area contributed by atoms with Crippen LogP contribution >= 0.6 is 11.8 Å². The number of nitrogens with one attached hydrogen (secondary N) is 2. The number of aliphatic hydroxyl groups excluding tert-OH is 1. The van der Waals surface area contributed by atoms with Gasteiger partial charge in [0.15, 0.2) is 6.29 Å². The zero-order valence-corrected chi connectivity index (χ0v) is 24.4. The van der Waals surface area contributed by atoms with Crippen LogP contribution in [0, 0.1) is 5.92 Å². The highest BCUT2D eigenvalue weighted by Gasteiger charge is 2.38. The summed E-state index contributed by atoms with van der Waals surface area (Å²) in [6.45, 7) is 4.26. The Morgan fingerprint density at radius 2 is 1.80 bits per heavy atom. The molecule has 0 radical (unpaired) electrons. The van der Waals surface area contributed by atoms with E-state index in [0.717, 1.165) is 41.0 Å². The van der Waals surface area contributed by atoms with Crippen LogP contribution in [0.5, 0.6) is 0 Å². The molecule has 218 valence electrons. The molecule has 2 aromatic carbocycles. The molecule has 2 amide bonds. The number of aliphatic hydroxyl groups is 1. The third-order valence-electron chi connectivity index (χ3n) is 7.05. The van der Waals surface area contributed by atoms with Gasteiger partial charge in [0.1, 0.15) is 0 Å². The lowest BCUT2D eigenvalue weighted by molar-refractivity contribution is -0.268. The van der Waals surface area contributed by atoms with E-state index in [1.54, 1.807) is 18.0 Å². The van der Waals surface area contributed by atoms with Crippen LogP contribution in [0.2, 0.25) is 0 Å². The number of carbonyl (C=O) groups is 2. The van der Waals surface area contributed by atoms with Gasteiger partial charge in [-0.2, -0.15) is 0 Å². The summed E-state index contributed by atoms with van der Waals surface area (Å²) < 4.78 is 13.1. The van der Waals surface area contributed by atoms with E-state index in [9.17, 15) is 14.7 Å². The topological polar surface area (TPSA) is 110 Å². The Balaban J connectivity index is 1.43. The number of thioether (sulfide) groups is 1. The van der Waals surface area contributed by atoms with Gasteiger partial charge in [0.2, 0.25) is 11.8 Å². The Labute approximate surface area is 246 Å².